The second-order valence-corrected chi connectivity index (χ2v) is 8.77. The van der Waals surface area contributed by atoms with Gasteiger partial charge in [0, 0.05) is 52.5 Å². The number of rotatable bonds is 2. The summed E-state index contributed by atoms with van der Waals surface area (Å²) in [5.74, 6) is 0.332. The fraction of sp³-hybridized carbons (Fsp3) is 0.103. The molecule has 3 aliphatic rings. The number of hydrogen-bond donors (Lipinski definition) is 0. The van der Waals surface area contributed by atoms with E-state index in [9.17, 15) is 31.6 Å². The van der Waals surface area contributed by atoms with Gasteiger partial charge in [0.2, 0.25) is 0 Å². The van der Waals surface area contributed by atoms with Gasteiger partial charge in [-0.25, -0.2) is 19.9 Å². The molecule has 0 saturated carbocycles. The van der Waals surface area contributed by atoms with Crippen molar-refractivity contribution in [3.8, 4) is 36.4 Å². The van der Waals surface area contributed by atoms with E-state index in [4.69, 9.17) is 0 Å². The molecule has 3 aliphatic carbocycles. The minimum atomic E-state index is -1.07. The Hall–Kier alpha value is -6.46. The lowest BCUT2D eigenvalue weighted by atomic mass is 9.69. The van der Waals surface area contributed by atoms with Gasteiger partial charge in [-0.15, -0.1) is 0 Å². The van der Waals surface area contributed by atoms with Crippen LogP contribution in [-0.2, 0) is 0 Å². The van der Waals surface area contributed by atoms with Crippen LogP contribution in [0.2, 0.25) is 0 Å². The average Bonchev–Trinajstić information content (AvgIpc) is 3.42. The molecule has 10 heteroatoms. The van der Waals surface area contributed by atoms with E-state index in [1.54, 1.807) is 25.1 Å². The van der Waals surface area contributed by atoms with Gasteiger partial charge in [0.1, 0.15) is 41.5 Å². The molecule has 0 bridgehead atoms. The SMILES string of the molecule is CC12CC3=C(C=C1C(=C(C#N)C#N)C(c1ncccn1)=C2C#N)C(=C(C#N)C#N)C(c1ncccn1)=C3C#N. The molecule has 178 valence electrons. The summed E-state index contributed by atoms with van der Waals surface area (Å²) in [6, 6.07) is 15.3. The molecule has 2 aromatic rings. The zero-order valence-corrected chi connectivity index (χ0v) is 20.2. The summed E-state index contributed by atoms with van der Waals surface area (Å²) in [5, 5.41) is 60.1. The highest BCUT2D eigenvalue weighted by molar-refractivity contribution is 6.00. The van der Waals surface area contributed by atoms with Crippen LogP contribution in [0.4, 0.5) is 0 Å². The predicted molar refractivity (Wildman–Crippen MR) is 133 cm³/mol. The molecule has 0 aliphatic heterocycles. The molecule has 1 atom stereocenters. The zero-order valence-electron chi connectivity index (χ0n) is 20.2. The third kappa shape index (κ3) is 3.36. The van der Waals surface area contributed by atoms with Crippen LogP contribution in [-0.4, -0.2) is 19.9 Å². The van der Waals surface area contributed by atoms with Crippen molar-refractivity contribution in [2.75, 3.05) is 0 Å². The largest absolute Gasteiger partial charge is 0.237 e. The Kier molecular flexibility index (Phi) is 5.72. The first-order valence-electron chi connectivity index (χ1n) is 11.4. The Bertz CT molecular complexity index is 1900. The molecule has 0 N–H and O–H groups in total. The van der Waals surface area contributed by atoms with Gasteiger partial charge in [-0.05, 0) is 41.3 Å². The van der Waals surface area contributed by atoms with Crippen LogP contribution in [0.1, 0.15) is 25.0 Å². The lowest BCUT2D eigenvalue weighted by molar-refractivity contribution is 0.505. The molecular formula is C29H12N10. The molecule has 2 aromatic heterocycles. The number of fused-ring (bicyclic) bond motifs is 1. The second-order valence-electron chi connectivity index (χ2n) is 8.77. The molecule has 5 rings (SSSR count). The van der Waals surface area contributed by atoms with Gasteiger partial charge in [-0.2, -0.15) is 31.6 Å². The van der Waals surface area contributed by atoms with E-state index in [0.717, 1.165) is 0 Å². The predicted octanol–water partition coefficient (Wildman–Crippen LogP) is 3.87. The van der Waals surface area contributed by atoms with E-state index in [2.05, 4.69) is 32.1 Å². The van der Waals surface area contributed by atoms with Crippen molar-refractivity contribution >= 4 is 11.1 Å². The van der Waals surface area contributed by atoms with Gasteiger partial charge in [-0.3, -0.25) is 0 Å². The van der Waals surface area contributed by atoms with Crippen LogP contribution in [0.3, 0.4) is 0 Å². The number of allylic oxidation sites excluding steroid dienone is 12. The summed E-state index contributed by atoms with van der Waals surface area (Å²) in [6.07, 6.45) is 7.71. The molecule has 2 heterocycles. The van der Waals surface area contributed by atoms with Crippen molar-refractivity contribution in [1.82, 2.24) is 19.9 Å². The zero-order chi connectivity index (χ0) is 27.7. The molecule has 1 unspecified atom stereocenters. The number of hydrogen-bond acceptors (Lipinski definition) is 10. The third-order valence-corrected chi connectivity index (χ3v) is 6.88. The van der Waals surface area contributed by atoms with E-state index in [-0.39, 0.29) is 62.7 Å². The van der Waals surface area contributed by atoms with E-state index in [1.165, 1.54) is 24.8 Å². The fourth-order valence-electron chi connectivity index (χ4n) is 5.30. The topological polar surface area (TPSA) is 194 Å². The van der Waals surface area contributed by atoms with Crippen LogP contribution in [0.5, 0.6) is 0 Å². The minimum absolute atomic E-state index is 0.105. The Morgan fingerprint density at radius 2 is 1.23 bits per heavy atom. The average molecular weight is 500 g/mol. The van der Waals surface area contributed by atoms with E-state index < -0.39 is 5.41 Å². The number of nitriles is 6. The highest BCUT2D eigenvalue weighted by atomic mass is 14.9. The molecule has 0 aromatic carbocycles. The molecule has 0 saturated heterocycles. The Morgan fingerprint density at radius 1 is 0.718 bits per heavy atom. The van der Waals surface area contributed by atoms with Crippen molar-refractivity contribution in [3.63, 3.8) is 0 Å². The van der Waals surface area contributed by atoms with E-state index in [1.807, 2.05) is 24.3 Å². The summed E-state index contributed by atoms with van der Waals surface area (Å²) in [4.78, 5) is 17.1. The number of aromatic nitrogens is 4. The smallest absolute Gasteiger partial charge is 0.161 e. The quantitative estimate of drug-likeness (QED) is 0.546. The van der Waals surface area contributed by atoms with E-state index in [0.29, 0.717) is 16.7 Å². The van der Waals surface area contributed by atoms with Crippen LogP contribution >= 0.6 is 0 Å². The lowest BCUT2D eigenvalue weighted by Gasteiger charge is -2.32. The summed E-state index contributed by atoms with van der Waals surface area (Å²) in [5.41, 5.74) is 1.09. The van der Waals surface area contributed by atoms with Crippen molar-refractivity contribution in [2.24, 2.45) is 5.41 Å². The van der Waals surface area contributed by atoms with Crippen molar-refractivity contribution < 1.29 is 0 Å². The maximum absolute atomic E-state index is 10.4. The molecule has 0 amide bonds. The Balaban J connectivity index is 1.90. The van der Waals surface area contributed by atoms with Gasteiger partial charge >= 0.3 is 0 Å². The summed E-state index contributed by atoms with van der Waals surface area (Å²) < 4.78 is 0. The molecule has 0 spiro atoms. The molecular weight excluding hydrogens is 488 g/mol. The van der Waals surface area contributed by atoms with Crippen LogP contribution < -0.4 is 0 Å². The van der Waals surface area contributed by atoms with Crippen molar-refractivity contribution in [2.45, 2.75) is 13.3 Å². The third-order valence-electron chi connectivity index (χ3n) is 6.88. The van der Waals surface area contributed by atoms with Crippen LogP contribution in [0, 0.1) is 73.4 Å². The van der Waals surface area contributed by atoms with Crippen LogP contribution in [0.25, 0.3) is 11.1 Å². The van der Waals surface area contributed by atoms with Gasteiger partial charge in [0.15, 0.2) is 11.6 Å². The summed E-state index contributed by atoms with van der Waals surface area (Å²) in [6.45, 7) is 1.79. The first kappa shape index (κ1) is 24.2. The number of nitrogens with zero attached hydrogens (tertiary/aromatic N) is 10. The van der Waals surface area contributed by atoms with E-state index >= 15 is 0 Å². The Morgan fingerprint density at radius 3 is 1.72 bits per heavy atom. The standard InChI is InChI=1S/C29H12N10/c1-29-9-19-18(23(16(10-30)11-31)25(20(19)14-34)27-36-4-2-5-37-27)8-21(29)24(17(12-32)13-33)26(22(29)15-35)28-38-6-3-7-39-28/h2-8H,9H2,1H3. The van der Waals surface area contributed by atoms with Crippen molar-refractivity contribution in [1.29, 1.82) is 31.6 Å². The van der Waals surface area contributed by atoms with Gasteiger partial charge < -0.3 is 0 Å². The van der Waals surface area contributed by atoms with Gasteiger partial charge in [-0.1, -0.05) is 6.92 Å². The molecule has 39 heavy (non-hydrogen) atoms. The van der Waals surface area contributed by atoms with Crippen LogP contribution in [0.15, 0.2) is 93.2 Å². The van der Waals surface area contributed by atoms with Gasteiger partial charge in [0.25, 0.3) is 0 Å². The summed E-state index contributed by atoms with van der Waals surface area (Å²) >= 11 is 0. The van der Waals surface area contributed by atoms with Gasteiger partial charge in [0.05, 0.1) is 17.2 Å². The second kappa shape index (κ2) is 9.20. The maximum atomic E-state index is 10.4. The lowest BCUT2D eigenvalue weighted by Crippen LogP contribution is -2.23. The maximum Gasteiger partial charge on any atom is 0.161 e. The fourth-order valence-corrected chi connectivity index (χ4v) is 5.30. The first-order chi connectivity index (χ1) is 19.0. The molecule has 10 nitrogen and oxygen atoms in total. The highest BCUT2D eigenvalue weighted by Gasteiger charge is 2.51. The monoisotopic (exact) mass is 500 g/mol. The van der Waals surface area contributed by atoms with Crippen molar-refractivity contribution in [3.05, 3.63) is 105 Å². The normalized spacial score (nSPS) is 19.0. The molecule has 0 radical (unpaired) electrons. The summed E-state index contributed by atoms with van der Waals surface area (Å²) in [7, 11) is 0. The minimum Gasteiger partial charge on any atom is -0.237 e. The Labute approximate surface area is 222 Å². The first-order valence-corrected chi connectivity index (χ1v) is 11.4. The highest BCUT2D eigenvalue weighted by Crippen LogP contribution is 2.62. The molecule has 0 fully saturated rings.